The van der Waals surface area contributed by atoms with Gasteiger partial charge in [0.1, 0.15) is 34.3 Å². The maximum Gasteiger partial charge on any atom is 0.342 e. The zero-order valence-corrected chi connectivity index (χ0v) is 18.3. The van der Waals surface area contributed by atoms with E-state index in [2.05, 4.69) is 0 Å². The number of aryl methyl sites for hydroxylation is 1. The van der Waals surface area contributed by atoms with Gasteiger partial charge in [0.25, 0.3) is 0 Å². The van der Waals surface area contributed by atoms with Gasteiger partial charge in [-0.1, -0.05) is 0 Å². The van der Waals surface area contributed by atoms with E-state index < -0.39 is 5.97 Å². The topological polar surface area (TPSA) is 72.5 Å². The van der Waals surface area contributed by atoms with Gasteiger partial charge in [-0.05, 0) is 37.6 Å². The number of hydrogen-bond acceptors (Lipinski definition) is 7. The van der Waals surface area contributed by atoms with Crippen molar-refractivity contribution in [2.45, 2.75) is 13.8 Å². The van der Waals surface area contributed by atoms with Gasteiger partial charge in [0, 0.05) is 10.8 Å². The SMILES string of the molecule is CCOC(=O)c1c(OC)cc2c(OC)c3c(OC)ccc(OC)c3c(OC)c2c1C. The minimum absolute atomic E-state index is 0.253. The molecule has 0 bridgehead atoms. The summed E-state index contributed by atoms with van der Waals surface area (Å²) in [5.41, 5.74) is 0.998. The fourth-order valence-electron chi connectivity index (χ4n) is 3.91. The van der Waals surface area contributed by atoms with Crippen molar-refractivity contribution in [3.05, 3.63) is 29.3 Å². The van der Waals surface area contributed by atoms with Crippen molar-refractivity contribution in [3.8, 4) is 28.7 Å². The van der Waals surface area contributed by atoms with Crippen molar-refractivity contribution in [3.63, 3.8) is 0 Å². The normalized spacial score (nSPS) is 10.8. The lowest BCUT2D eigenvalue weighted by Gasteiger charge is -2.22. The smallest absolute Gasteiger partial charge is 0.342 e. The Morgan fingerprint density at radius 1 is 0.767 bits per heavy atom. The Morgan fingerprint density at radius 3 is 1.77 bits per heavy atom. The van der Waals surface area contributed by atoms with Gasteiger partial charge in [-0.15, -0.1) is 0 Å². The van der Waals surface area contributed by atoms with Crippen molar-refractivity contribution in [1.82, 2.24) is 0 Å². The first-order valence-corrected chi connectivity index (χ1v) is 9.45. The molecule has 0 aliphatic heterocycles. The molecule has 0 heterocycles. The number of hydrogen-bond donors (Lipinski definition) is 0. The van der Waals surface area contributed by atoms with Gasteiger partial charge in [-0.2, -0.15) is 0 Å². The number of carbonyl (C=O) groups excluding carboxylic acids is 1. The first-order valence-electron chi connectivity index (χ1n) is 9.45. The summed E-state index contributed by atoms with van der Waals surface area (Å²) in [4.78, 5) is 12.7. The number of methoxy groups -OCH3 is 5. The quantitative estimate of drug-likeness (QED) is 0.416. The number of ether oxygens (including phenoxy) is 6. The highest BCUT2D eigenvalue weighted by molar-refractivity contribution is 6.18. The molecule has 0 fully saturated rings. The van der Waals surface area contributed by atoms with E-state index in [1.807, 2.05) is 13.0 Å². The molecular formula is C23H26O7. The van der Waals surface area contributed by atoms with Gasteiger partial charge in [0.15, 0.2) is 0 Å². The highest BCUT2D eigenvalue weighted by Gasteiger charge is 2.27. The molecular weight excluding hydrogens is 388 g/mol. The summed E-state index contributed by atoms with van der Waals surface area (Å²) in [6.45, 7) is 3.84. The molecule has 0 amide bonds. The van der Waals surface area contributed by atoms with Crippen molar-refractivity contribution in [2.75, 3.05) is 42.2 Å². The van der Waals surface area contributed by atoms with E-state index in [4.69, 9.17) is 28.4 Å². The van der Waals surface area contributed by atoms with Crippen molar-refractivity contribution < 1.29 is 33.2 Å². The van der Waals surface area contributed by atoms with Crippen LogP contribution in [0.5, 0.6) is 28.7 Å². The Bertz CT molecular complexity index is 1120. The largest absolute Gasteiger partial charge is 0.496 e. The molecule has 0 unspecified atom stereocenters. The van der Waals surface area contributed by atoms with Crippen LogP contribution in [0.3, 0.4) is 0 Å². The lowest BCUT2D eigenvalue weighted by Crippen LogP contribution is -2.10. The minimum atomic E-state index is -0.465. The van der Waals surface area contributed by atoms with E-state index in [0.717, 1.165) is 5.39 Å². The summed E-state index contributed by atoms with van der Waals surface area (Å²) >= 11 is 0. The first-order chi connectivity index (χ1) is 14.5. The number of fused-ring (bicyclic) bond motifs is 2. The van der Waals surface area contributed by atoms with Crippen LogP contribution in [-0.4, -0.2) is 48.1 Å². The molecule has 0 saturated heterocycles. The second-order valence-corrected chi connectivity index (χ2v) is 6.51. The molecule has 3 aromatic carbocycles. The van der Waals surface area contributed by atoms with E-state index in [0.29, 0.717) is 56.0 Å². The second-order valence-electron chi connectivity index (χ2n) is 6.51. The van der Waals surface area contributed by atoms with Crippen LogP contribution >= 0.6 is 0 Å². The Morgan fingerprint density at radius 2 is 1.30 bits per heavy atom. The van der Waals surface area contributed by atoms with E-state index >= 15 is 0 Å². The van der Waals surface area contributed by atoms with Crippen LogP contribution in [0.25, 0.3) is 21.5 Å². The van der Waals surface area contributed by atoms with Gasteiger partial charge in [-0.25, -0.2) is 4.79 Å². The number of carbonyl (C=O) groups is 1. The Kier molecular flexibility index (Phi) is 6.10. The monoisotopic (exact) mass is 414 g/mol. The molecule has 30 heavy (non-hydrogen) atoms. The molecule has 7 nitrogen and oxygen atoms in total. The molecule has 0 N–H and O–H groups in total. The fraction of sp³-hybridized carbons (Fsp3) is 0.348. The zero-order chi connectivity index (χ0) is 22.0. The van der Waals surface area contributed by atoms with Gasteiger partial charge in [0.2, 0.25) is 0 Å². The Labute approximate surface area is 175 Å². The standard InChI is InChI=1S/C23H26O7/c1-8-30-23(24)18-12(2)17-13(11-16(18)27-5)21(28-6)19-14(25-3)9-10-15(26-4)20(19)22(17)29-7/h9-11H,8H2,1-7H3. The Hall–Kier alpha value is -3.35. The summed E-state index contributed by atoms with van der Waals surface area (Å²) in [6, 6.07) is 5.38. The van der Waals surface area contributed by atoms with Crippen LogP contribution in [0.4, 0.5) is 0 Å². The van der Waals surface area contributed by atoms with Gasteiger partial charge < -0.3 is 28.4 Å². The van der Waals surface area contributed by atoms with Crippen LogP contribution in [0, 0.1) is 6.92 Å². The maximum atomic E-state index is 12.7. The predicted molar refractivity (Wildman–Crippen MR) is 115 cm³/mol. The van der Waals surface area contributed by atoms with Crippen LogP contribution < -0.4 is 23.7 Å². The summed E-state index contributed by atoms with van der Waals surface area (Å²) in [7, 11) is 7.85. The van der Waals surface area contributed by atoms with Crippen molar-refractivity contribution in [2.24, 2.45) is 0 Å². The fourth-order valence-corrected chi connectivity index (χ4v) is 3.91. The third-order valence-corrected chi connectivity index (χ3v) is 5.14. The molecule has 0 spiro atoms. The number of benzene rings is 3. The van der Waals surface area contributed by atoms with E-state index in [1.54, 1.807) is 47.5 Å². The lowest BCUT2D eigenvalue weighted by molar-refractivity contribution is 0.0522. The molecule has 7 heteroatoms. The third-order valence-electron chi connectivity index (χ3n) is 5.14. The first kappa shape index (κ1) is 21.4. The van der Waals surface area contributed by atoms with Crippen LogP contribution in [-0.2, 0) is 4.74 Å². The molecule has 3 aromatic rings. The summed E-state index contributed by atoms with van der Waals surface area (Å²) in [5.74, 6) is 2.23. The third kappa shape index (κ3) is 3.10. The number of esters is 1. The maximum absolute atomic E-state index is 12.7. The zero-order valence-electron chi connectivity index (χ0n) is 18.3. The highest BCUT2D eigenvalue weighted by atomic mass is 16.5. The average Bonchev–Trinajstić information content (AvgIpc) is 2.76. The van der Waals surface area contributed by atoms with Crippen LogP contribution in [0.15, 0.2) is 18.2 Å². The number of rotatable bonds is 7. The van der Waals surface area contributed by atoms with E-state index in [1.165, 1.54) is 7.11 Å². The predicted octanol–water partition coefficient (Wildman–Crippen LogP) is 4.52. The summed E-state index contributed by atoms with van der Waals surface area (Å²) in [5, 5.41) is 2.81. The van der Waals surface area contributed by atoms with Gasteiger partial charge in [-0.3, -0.25) is 0 Å². The average molecular weight is 414 g/mol. The van der Waals surface area contributed by atoms with Gasteiger partial charge in [0.05, 0.1) is 52.9 Å². The minimum Gasteiger partial charge on any atom is -0.496 e. The molecule has 0 radical (unpaired) electrons. The van der Waals surface area contributed by atoms with Gasteiger partial charge >= 0.3 is 5.97 Å². The van der Waals surface area contributed by atoms with Crippen molar-refractivity contribution >= 4 is 27.5 Å². The van der Waals surface area contributed by atoms with E-state index in [-0.39, 0.29) is 6.61 Å². The van der Waals surface area contributed by atoms with E-state index in [9.17, 15) is 4.79 Å². The van der Waals surface area contributed by atoms with Crippen LogP contribution in [0.1, 0.15) is 22.8 Å². The summed E-state index contributed by atoms with van der Waals surface area (Å²) in [6.07, 6.45) is 0. The van der Waals surface area contributed by atoms with Crippen molar-refractivity contribution in [1.29, 1.82) is 0 Å². The van der Waals surface area contributed by atoms with Crippen LogP contribution in [0.2, 0.25) is 0 Å². The lowest BCUT2D eigenvalue weighted by atomic mass is 9.93. The Balaban J connectivity index is 2.65. The molecule has 0 atom stereocenters. The highest BCUT2D eigenvalue weighted by Crippen LogP contribution is 2.52. The summed E-state index contributed by atoms with van der Waals surface area (Å²) < 4.78 is 33.7. The molecule has 0 aliphatic rings. The second kappa shape index (κ2) is 8.57. The molecule has 0 saturated carbocycles. The molecule has 0 aliphatic carbocycles. The molecule has 160 valence electrons. The molecule has 0 aromatic heterocycles. The molecule has 3 rings (SSSR count).